The zero-order chi connectivity index (χ0) is 25.9. The molecule has 34 heavy (non-hydrogen) atoms. The van der Waals surface area contributed by atoms with Crippen LogP contribution in [-0.4, -0.2) is 95.4 Å². The second-order valence-electron chi connectivity index (χ2n) is 10.2. The lowest BCUT2D eigenvalue weighted by molar-refractivity contribution is 0.114. The summed E-state index contributed by atoms with van der Waals surface area (Å²) in [4.78, 5) is 7.97. The van der Waals surface area contributed by atoms with Crippen LogP contribution in [0.25, 0.3) is 0 Å². The third-order valence-electron chi connectivity index (χ3n) is 7.43. The predicted octanol–water partition coefficient (Wildman–Crippen LogP) is 6.48. The third kappa shape index (κ3) is 13.9. The van der Waals surface area contributed by atoms with Crippen LogP contribution in [0.4, 0.5) is 0 Å². The molecule has 0 heterocycles. The zero-order valence-corrected chi connectivity index (χ0v) is 25.9. The normalized spacial score (nSPS) is 13.1. The van der Waals surface area contributed by atoms with E-state index in [2.05, 4.69) is 76.6 Å². The van der Waals surface area contributed by atoms with E-state index < -0.39 is 8.56 Å². The maximum absolute atomic E-state index is 6.44. The van der Waals surface area contributed by atoms with E-state index in [1.807, 2.05) is 0 Å². The monoisotopic (exact) mass is 501 g/mol. The van der Waals surface area contributed by atoms with Gasteiger partial charge in [0.15, 0.2) is 0 Å². The van der Waals surface area contributed by atoms with Crippen LogP contribution in [0.1, 0.15) is 93.9 Å². The lowest BCUT2D eigenvalue weighted by Gasteiger charge is -2.43. The fourth-order valence-electron chi connectivity index (χ4n) is 5.49. The number of hydrogen-bond donors (Lipinski definition) is 0. The van der Waals surface area contributed by atoms with Crippen molar-refractivity contribution >= 4 is 8.56 Å². The molecule has 0 amide bonds. The van der Waals surface area contributed by atoms with Crippen molar-refractivity contribution in [3.63, 3.8) is 0 Å². The molecule has 0 saturated heterocycles. The Morgan fingerprint density at radius 2 is 0.853 bits per heavy atom. The first-order chi connectivity index (χ1) is 16.3. The minimum atomic E-state index is -2.24. The molecule has 5 nitrogen and oxygen atoms in total. The highest BCUT2D eigenvalue weighted by molar-refractivity contribution is 6.66. The van der Waals surface area contributed by atoms with Gasteiger partial charge in [-0.2, -0.15) is 0 Å². The molecule has 0 aromatic rings. The smallest absolute Gasteiger partial charge is 0.335 e. The standard InChI is InChI=1S/C28H63N3O2Si/c1-10-21-29(13-4)24-18-28(19-25-30(14-5)22-11-2,20-26-31(15-6)23-12-3)27-34(9,32-16-7)33-17-8/h10-27H2,1-9H3. The summed E-state index contributed by atoms with van der Waals surface area (Å²) in [5.41, 5.74) is 0.259. The van der Waals surface area contributed by atoms with Crippen molar-refractivity contribution in [3.8, 4) is 0 Å². The summed E-state index contributed by atoms with van der Waals surface area (Å²) in [6.45, 7) is 32.5. The molecular formula is C28H63N3O2Si. The lowest BCUT2D eigenvalue weighted by atomic mass is 9.79. The van der Waals surface area contributed by atoms with E-state index in [-0.39, 0.29) is 5.41 Å². The van der Waals surface area contributed by atoms with Crippen molar-refractivity contribution in [3.05, 3.63) is 0 Å². The van der Waals surface area contributed by atoms with Gasteiger partial charge in [0.05, 0.1) is 0 Å². The van der Waals surface area contributed by atoms with E-state index in [9.17, 15) is 0 Å². The van der Waals surface area contributed by atoms with Crippen LogP contribution in [0, 0.1) is 5.41 Å². The summed E-state index contributed by atoms with van der Waals surface area (Å²) >= 11 is 0. The molecule has 206 valence electrons. The molecule has 0 spiro atoms. The molecule has 0 saturated carbocycles. The van der Waals surface area contributed by atoms with E-state index in [1.54, 1.807) is 0 Å². The molecule has 0 N–H and O–H groups in total. The molecule has 0 aliphatic carbocycles. The lowest BCUT2D eigenvalue weighted by Crippen LogP contribution is -2.47. The predicted molar refractivity (Wildman–Crippen MR) is 153 cm³/mol. The highest BCUT2D eigenvalue weighted by atomic mass is 28.4. The van der Waals surface area contributed by atoms with Gasteiger partial charge >= 0.3 is 8.56 Å². The molecule has 0 aromatic heterocycles. The van der Waals surface area contributed by atoms with Gasteiger partial charge in [-0.05, 0) is 129 Å². The van der Waals surface area contributed by atoms with E-state index in [1.165, 1.54) is 77.8 Å². The first-order valence-electron chi connectivity index (χ1n) is 14.8. The Morgan fingerprint density at radius 1 is 0.529 bits per heavy atom. The van der Waals surface area contributed by atoms with Gasteiger partial charge in [0.25, 0.3) is 0 Å². The van der Waals surface area contributed by atoms with Crippen LogP contribution < -0.4 is 0 Å². The zero-order valence-electron chi connectivity index (χ0n) is 24.9. The minimum Gasteiger partial charge on any atom is -0.395 e. The van der Waals surface area contributed by atoms with E-state index >= 15 is 0 Å². The van der Waals surface area contributed by atoms with Crippen molar-refractivity contribution in [2.24, 2.45) is 5.41 Å². The van der Waals surface area contributed by atoms with E-state index in [4.69, 9.17) is 8.85 Å². The Hall–Kier alpha value is 0.0169. The molecule has 0 fully saturated rings. The largest absolute Gasteiger partial charge is 0.395 e. The maximum Gasteiger partial charge on any atom is 0.335 e. The molecule has 0 atom stereocenters. The van der Waals surface area contributed by atoms with Crippen LogP contribution in [0.5, 0.6) is 0 Å². The van der Waals surface area contributed by atoms with Gasteiger partial charge in [-0.1, -0.05) is 41.5 Å². The van der Waals surface area contributed by atoms with Crippen LogP contribution in [0.3, 0.4) is 0 Å². The maximum atomic E-state index is 6.44. The van der Waals surface area contributed by atoms with Gasteiger partial charge in [-0.3, -0.25) is 0 Å². The molecule has 0 aliphatic rings. The van der Waals surface area contributed by atoms with Crippen molar-refractivity contribution in [2.45, 2.75) is 107 Å². The summed E-state index contributed by atoms with van der Waals surface area (Å²) in [6, 6.07) is 1.11. The van der Waals surface area contributed by atoms with Crippen molar-refractivity contribution < 1.29 is 8.85 Å². The summed E-state index contributed by atoms with van der Waals surface area (Å²) in [6.07, 6.45) is 7.42. The number of hydrogen-bond acceptors (Lipinski definition) is 5. The molecule has 0 aliphatic heterocycles. The molecule has 6 heteroatoms. The number of rotatable bonds is 24. The first kappa shape index (κ1) is 34.0. The average Bonchev–Trinajstić information content (AvgIpc) is 2.82. The Kier molecular flexibility index (Phi) is 20.1. The first-order valence-corrected chi connectivity index (χ1v) is 17.3. The second-order valence-corrected chi connectivity index (χ2v) is 13.4. The summed E-state index contributed by atoms with van der Waals surface area (Å²) in [5.74, 6) is 0. The minimum absolute atomic E-state index is 0.259. The third-order valence-corrected chi connectivity index (χ3v) is 10.6. The van der Waals surface area contributed by atoms with Crippen LogP contribution >= 0.6 is 0 Å². The Bertz CT molecular complexity index is 415. The van der Waals surface area contributed by atoms with Gasteiger partial charge in [-0.25, -0.2) is 0 Å². The molecule has 0 unspecified atom stereocenters. The Balaban J connectivity index is 6.02. The second kappa shape index (κ2) is 20.1. The Morgan fingerprint density at radius 3 is 1.09 bits per heavy atom. The van der Waals surface area contributed by atoms with Gasteiger partial charge in [0.2, 0.25) is 0 Å². The molecule has 0 bridgehead atoms. The SMILES string of the molecule is CCCN(CC)CCC(CCN(CC)CCC)(CCN(CC)CCC)C[Si](C)(OCC)OCC. The Labute approximate surface area is 216 Å². The van der Waals surface area contributed by atoms with Gasteiger partial charge in [0, 0.05) is 13.2 Å². The van der Waals surface area contributed by atoms with Crippen molar-refractivity contribution in [2.75, 3.05) is 72.1 Å². The van der Waals surface area contributed by atoms with Crippen LogP contribution in [-0.2, 0) is 8.85 Å². The summed E-state index contributed by atoms with van der Waals surface area (Å²) in [5, 5.41) is 0. The average molecular weight is 502 g/mol. The fourth-order valence-corrected chi connectivity index (χ4v) is 8.90. The fraction of sp³-hybridized carbons (Fsp3) is 1.00. The van der Waals surface area contributed by atoms with Gasteiger partial charge < -0.3 is 23.6 Å². The quantitative estimate of drug-likeness (QED) is 0.141. The highest BCUT2D eigenvalue weighted by Gasteiger charge is 2.43. The molecule has 0 aromatic carbocycles. The van der Waals surface area contributed by atoms with Crippen LogP contribution in [0.2, 0.25) is 12.6 Å². The summed E-state index contributed by atoms with van der Waals surface area (Å²) in [7, 11) is -2.24. The van der Waals surface area contributed by atoms with E-state index in [0.717, 1.165) is 38.9 Å². The molecule has 0 rings (SSSR count). The van der Waals surface area contributed by atoms with E-state index in [0.29, 0.717) is 0 Å². The molecule has 0 radical (unpaired) electrons. The van der Waals surface area contributed by atoms with Gasteiger partial charge in [-0.15, -0.1) is 0 Å². The van der Waals surface area contributed by atoms with Crippen LogP contribution in [0.15, 0.2) is 0 Å². The topological polar surface area (TPSA) is 28.2 Å². The summed E-state index contributed by atoms with van der Waals surface area (Å²) < 4.78 is 12.9. The molecular weight excluding hydrogens is 438 g/mol. The van der Waals surface area contributed by atoms with Gasteiger partial charge in [0.1, 0.15) is 0 Å². The van der Waals surface area contributed by atoms with Crippen molar-refractivity contribution in [1.29, 1.82) is 0 Å². The van der Waals surface area contributed by atoms with Crippen molar-refractivity contribution in [1.82, 2.24) is 14.7 Å². The number of nitrogens with zero attached hydrogens (tertiary/aromatic N) is 3. The highest BCUT2D eigenvalue weighted by Crippen LogP contribution is 2.41.